The molecule has 1 aromatic carbocycles. The molecule has 0 radical (unpaired) electrons. The molecule has 2 atom stereocenters. The van der Waals surface area contributed by atoms with Crippen LogP contribution in [0, 0.1) is 17.6 Å². The average Bonchev–Trinajstić information content (AvgIpc) is 2.92. The zero-order chi connectivity index (χ0) is 16.8. The zero-order valence-corrected chi connectivity index (χ0v) is 13.6. The molecule has 1 fully saturated rings. The van der Waals surface area contributed by atoms with Crippen LogP contribution in [0.3, 0.4) is 0 Å². The molecule has 0 aliphatic carbocycles. The fourth-order valence-corrected chi connectivity index (χ4v) is 2.69. The van der Waals surface area contributed by atoms with Gasteiger partial charge in [-0.05, 0) is 18.9 Å². The van der Waals surface area contributed by atoms with Crippen LogP contribution in [-0.4, -0.2) is 19.2 Å². The molecule has 0 spiro atoms. The van der Waals surface area contributed by atoms with Gasteiger partial charge in [-0.1, -0.05) is 26.8 Å². The van der Waals surface area contributed by atoms with Gasteiger partial charge in [0.2, 0.25) is 0 Å². The van der Waals surface area contributed by atoms with Crippen molar-refractivity contribution in [1.82, 2.24) is 0 Å². The lowest BCUT2D eigenvalue weighted by molar-refractivity contribution is -0.142. The van der Waals surface area contributed by atoms with E-state index in [9.17, 15) is 13.6 Å². The number of carbonyl (C=O) groups is 1. The molecule has 1 heterocycles. The third-order valence-corrected chi connectivity index (χ3v) is 3.73. The van der Waals surface area contributed by atoms with Gasteiger partial charge >= 0.3 is 5.97 Å². The van der Waals surface area contributed by atoms with Crippen LogP contribution < -0.4 is 0 Å². The number of benzene rings is 1. The molecule has 1 aliphatic rings. The Hall–Kier alpha value is -1.49. The quantitative estimate of drug-likeness (QED) is 0.782. The summed E-state index contributed by atoms with van der Waals surface area (Å²) in [6.07, 6.45) is 1.13. The van der Waals surface area contributed by atoms with E-state index in [1.165, 1.54) is 19.1 Å². The Morgan fingerprint density at radius 1 is 1.41 bits per heavy atom. The first kappa shape index (κ1) is 18.6. The van der Waals surface area contributed by atoms with Crippen LogP contribution in [0.4, 0.5) is 8.78 Å². The maximum absolute atomic E-state index is 14.0. The monoisotopic (exact) mass is 314 g/mol. The third kappa shape index (κ3) is 4.26. The first-order valence-corrected chi connectivity index (χ1v) is 7.69. The Morgan fingerprint density at radius 2 is 2.09 bits per heavy atom. The Kier molecular flexibility index (Phi) is 6.94. The molecule has 0 bridgehead atoms. The first-order valence-electron chi connectivity index (χ1n) is 7.69. The van der Waals surface area contributed by atoms with Crippen LogP contribution in [0.25, 0.3) is 0 Å². The fraction of sp³-hybridized carbons (Fsp3) is 0.588. The molecule has 1 saturated heterocycles. The van der Waals surface area contributed by atoms with Crippen LogP contribution >= 0.6 is 0 Å². The van der Waals surface area contributed by atoms with Crippen molar-refractivity contribution < 1.29 is 23.0 Å². The second-order valence-corrected chi connectivity index (χ2v) is 5.16. The standard InChI is InChI=1S/C15H18F2O3.C2H6/c1-3-15(13-5-4-12(16)6-14(13)17)7-11(9-20-15)8-19-10(2)18;1-2/h4-6,11H,3,7-9H2,1-2H3;1-2H3/t11-,15-;/m0./s1. The highest BCUT2D eigenvalue weighted by Crippen LogP contribution is 2.42. The summed E-state index contributed by atoms with van der Waals surface area (Å²) in [5, 5.41) is 0. The van der Waals surface area contributed by atoms with Gasteiger partial charge in [0.15, 0.2) is 0 Å². The van der Waals surface area contributed by atoms with Crippen molar-refractivity contribution in [2.45, 2.75) is 46.1 Å². The zero-order valence-electron chi connectivity index (χ0n) is 13.6. The molecule has 2 rings (SSSR count). The molecule has 0 amide bonds. The van der Waals surface area contributed by atoms with Gasteiger partial charge in [-0.25, -0.2) is 8.78 Å². The number of halogens is 2. The van der Waals surface area contributed by atoms with E-state index in [0.717, 1.165) is 6.07 Å². The summed E-state index contributed by atoms with van der Waals surface area (Å²) >= 11 is 0. The lowest BCUT2D eigenvalue weighted by Gasteiger charge is -2.28. The van der Waals surface area contributed by atoms with Gasteiger partial charge < -0.3 is 9.47 Å². The Balaban J connectivity index is 0.00000116. The maximum atomic E-state index is 14.0. The van der Waals surface area contributed by atoms with E-state index in [0.29, 0.717) is 25.0 Å². The number of hydrogen-bond donors (Lipinski definition) is 0. The Labute approximate surface area is 130 Å². The predicted molar refractivity (Wildman–Crippen MR) is 80.4 cm³/mol. The summed E-state index contributed by atoms with van der Waals surface area (Å²) in [5.41, 5.74) is -0.394. The molecular formula is C17H24F2O3. The molecule has 0 unspecified atom stereocenters. The first-order chi connectivity index (χ1) is 10.5. The van der Waals surface area contributed by atoms with Crippen LogP contribution in [0.15, 0.2) is 18.2 Å². The fourth-order valence-electron chi connectivity index (χ4n) is 2.69. The topological polar surface area (TPSA) is 35.5 Å². The van der Waals surface area contributed by atoms with E-state index in [1.54, 1.807) is 0 Å². The van der Waals surface area contributed by atoms with E-state index in [4.69, 9.17) is 9.47 Å². The molecule has 3 nitrogen and oxygen atoms in total. The lowest BCUT2D eigenvalue weighted by atomic mass is 9.85. The van der Waals surface area contributed by atoms with Crippen molar-refractivity contribution in [1.29, 1.82) is 0 Å². The summed E-state index contributed by atoms with van der Waals surface area (Å²) in [7, 11) is 0. The number of esters is 1. The van der Waals surface area contributed by atoms with Gasteiger partial charge in [0.05, 0.1) is 18.8 Å². The minimum absolute atomic E-state index is 0.0308. The minimum Gasteiger partial charge on any atom is -0.465 e. The summed E-state index contributed by atoms with van der Waals surface area (Å²) < 4.78 is 37.7. The summed E-state index contributed by atoms with van der Waals surface area (Å²) in [4.78, 5) is 10.8. The predicted octanol–water partition coefficient (Wildman–Crippen LogP) is 4.20. The molecule has 5 heteroatoms. The highest BCUT2D eigenvalue weighted by molar-refractivity contribution is 5.65. The minimum atomic E-state index is -0.761. The van der Waals surface area contributed by atoms with Gasteiger partial charge in [0.25, 0.3) is 0 Å². The van der Waals surface area contributed by atoms with E-state index < -0.39 is 17.2 Å². The average molecular weight is 314 g/mol. The molecule has 124 valence electrons. The number of ether oxygens (including phenoxy) is 2. The number of hydrogen-bond acceptors (Lipinski definition) is 3. The Bertz CT molecular complexity index is 505. The summed E-state index contributed by atoms with van der Waals surface area (Å²) in [6.45, 7) is 7.91. The van der Waals surface area contributed by atoms with Crippen molar-refractivity contribution in [3.63, 3.8) is 0 Å². The van der Waals surface area contributed by atoms with Crippen molar-refractivity contribution >= 4 is 5.97 Å². The highest BCUT2D eigenvalue weighted by atomic mass is 19.1. The van der Waals surface area contributed by atoms with Crippen LogP contribution in [0.1, 0.15) is 46.1 Å². The summed E-state index contributed by atoms with van der Waals surface area (Å²) in [5.74, 6) is -1.51. The molecule has 1 aliphatic heterocycles. The molecule has 0 aromatic heterocycles. The van der Waals surface area contributed by atoms with Crippen LogP contribution in [-0.2, 0) is 19.9 Å². The van der Waals surface area contributed by atoms with Gasteiger partial charge in [0.1, 0.15) is 11.6 Å². The smallest absolute Gasteiger partial charge is 0.302 e. The highest BCUT2D eigenvalue weighted by Gasteiger charge is 2.42. The molecule has 1 aromatic rings. The van der Waals surface area contributed by atoms with E-state index in [1.807, 2.05) is 20.8 Å². The molecule has 0 saturated carbocycles. The van der Waals surface area contributed by atoms with Crippen LogP contribution in [0.5, 0.6) is 0 Å². The summed E-state index contributed by atoms with van der Waals surface area (Å²) in [6, 6.07) is 3.54. The van der Waals surface area contributed by atoms with Gasteiger partial charge in [0, 0.05) is 24.5 Å². The van der Waals surface area contributed by atoms with E-state index in [2.05, 4.69) is 0 Å². The molecule has 22 heavy (non-hydrogen) atoms. The van der Waals surface area contributed by atoms with Gasteiger partial charge in [-0.3, -0.25) is 4.79 Å². The second-order valence-electron chi connectivity index (χ2n) is 5.16. The Morgan fingerprint density at radius 3 is 2.64 bits per heavy atom. The van der Waals surface area contributed by atoms with Crippen molar-refractivity contribution in [2.24, 2.45) is 5.92 Å². The largest absolute Gasteiger partial charge is 0.465 e. The molecular weight excluding hydrogens is 290 g/mol. The lowest BCUT2D eigenvalue weighted by Crippen LogP contribution is -2.26. The number of carbonyl (C=O) groups excluding carboxylic acids is 1. The molecule has 0 N–H and O–H groups in total. The second kappa shape index (κ2) is 8.22. The third-order valence-electron chi connectivity index (χ3n) is 3.73. The van der Waals surface area contributed by atoms with Crippen molar-refractivity contribution in [3.05, 3.63) is 35.4 Å². The normalized spacial score (nSPS) is 23.6. The van der Waals surface area contributed by atoms with Crippen molar-refractivity contribution in [2.75, 3.05) is 13.2 Å². The van der Waals surface area contributed by atoms with E-state index in [-0.39, 0.29) is 18.5 Å². The van der Waals surface area contributed by atoms with E-state index >= 15 is 0 Å². The van der Waals surface area contributed by atoms with Gasteiger partial charge in [-0.15, -0.1) is 0 Å². The van der Waals surface area contributed by atoms with Crippen LogP contribution in [0.2, 0.25) is 0 Å². The van der Waals surface area contributed by atoms with Crippen molar-refractivity contribution in [3.8, 4) is 0 Å². The van der Waals surface area contributed by atoms with Gasteiger partial charge in [-0.2, -0.15) is 0 Å². The maximum Gasteiger partial charge on any atom is 0.302 e. The SMILES string of the molecule is CC.CC[C@@]1(c2ccc(F)cc2F)C[C@@H](COC(C)=O)CO1. The number of rotatable bonds is 4.